The van der Waals surface area contributed by atoms with Crippen LogP contribution in [0.3, 0.4) is 0 Å². The van der Waals surface area contributed by atoms with Crippen LogP contribution in [0.2, 0.25) is 0 Å². The summed E-state index contributed by atoms with van der Waals surface area (Å²) < 4.78 is 3.54. The molecule has 2 aromatic heterocycles. The van der Waals surface area contributed by atoms with Crippen molar-refractivity contribution in [3.63, 3.8) is 0 Å². The zero-order valence-corrected chi connectivity index (χ0v) is 18.8. The Kier molecular flexibility index (Phi) is 3.76. The molecular formula is C30H18BrN. The second-order valence-corrected chi connectivity index (χ2v) is 9.26. The summed E-state index contributed by atoms with van der Waals surface area (Å²) in [5, 5.41) is 5.26. The monoisotopic (exact) mass is 471 g/mol. The summed E-state index contributed by atoms with van der Waals surface area (Å²) in [6, 6.07) is 39.5. The summed E-state index contributed by atoms with van der Waals surface area (Å²) in [5.41, 5.74) is 8.79. The van der Waals surface area contributed by atoms with Crippen molar-refractivity contribution >= 4 is 54.0 Å². The van der Waals surface area contributed by atoms with Crippen molar-refractivity contribution in [3.05, 3.63) is 114 Å². The molecule has 0 amide bonds. The van der Waals surface area contributed by atoms with Gasteiger partial charge in [-0.3, -0.25) is 0 Å². The first-order valence-electron chi connectivity index (χ1n) is 10.8. The summed E-state index contributed by atoms with van der Waals surface area (Å²) in [7, 11) is 0. The van der Waals surface area contributed by atoms with E-state index in [1.807, 2.05) is 0 Å². The number of fused-ring (bicyclic) bond motifs is 6. The van der Waals surface area contributed by atoms with Crippen molar-refractivity contribution in [3.8, 4) is 22.3 Å². The minimum Gasteiger partial charge on any atom is -0.308 e. The van der Waals surface area contributed by atoms with E-state index in [0.717, 1.165) is 4.47 Å². The first-order chi connectivity index (χ1) is 15.8. The van der Waals surface area contributed by atoms with Crippen molar-refractivity contribution in [2.24, 2.45) is 0 Å². The van der Waals surface area contributed by atoms with Gasteiger partial charge in [0, 0.05) is 26.0 Å². The van der Waals surface area contributed by atoms with Crippen LogP contribution in [0.5, 0.6) is 0 Å². The number of halogens is 1. The molecule has 7 aromatic rings. The van der Waals surface area contributed by atoms with E-state index in [9.17, 15) is 0 Å². The predicted octanol–water partition coefficient (Wildman–Crippen LogP) is 8.93. The molecule has 1 nitrogen and oxygen atoms in total. The maximum absolute atomic E-state index is 3.63. The lowest BCUT2D eigenvalue weighted by molar-refractivity contribution is 1.37. The van der Waals surface area contributed by atoms with Crippen LogP contribution in [0, 0.1) is 0 Å². The molecule has 0 atom stereocenters. The molecule has 0 aliphatic rings. The van der Waals surface area contributed by atoms with Crippen LogP contribution >= 0.6 is 15.9 Å². The molecule has 0 unspecified atom stereocenters. The Morgan fingerprint density at radius 1 is 0.469 bits per heavy atom. The smallest absolute Gasteiger partial charge is 0.0620 e. The van der Waals surface area contributed by atoms with Crippen LogP contribution in [-0.2, 0) is 0 Å². The predicted molar refractivity (Wildman–Crippen MR) is 140 cm³/mol. The molecule has 0 fully saturated rings. The summed E-state index contributed by atoms with van der Waals surface area (Å²) >= 11 is 3.63. The molecule has 0 radical (unpaired) electrons. The second kappa shape index (κ2) is 6.69. The highest BCUT2D eigenvalue weighted by Gasteiger charge is 2.17. The zero-order valence-electron chi connectivity index (χ0n) is 17.2. The van der Waals surface area contributed by atoms with Gasteiger partial charge in [0.2, 0.25) is 0 Å². The van der Waals surface area contributed by atoms with Gasteiger partial charge in [0.25, 0.3) is 0 Å². The van der Waals surface area contributed by atoms with Gasteiger partial charge < -0.3 is 4.40 Å². The standard InChI is InChI=1S/C30H18BrN/c31-21-8-5-7-19(17-21)22-9-1-2-10-23(22)20-15-16-25-27-13-6-12-26-24-11-3-4-14-28(24)32(30(26)27)29(25)18-20/h1-18H. The van der Waals surface area contributed by atoms with Gasteiger partial charge in [-0.05, 0) is 46.5 Å². The minimum absolute atomic E-state index is 1.09. The summed E-state index contributed by atoms with van der Waals surface area (Å²) in [4.78, 5) is 0. The van der Waals surface area contributed by atoms with Gasteiger partial charge in [-0.1, -0.05) is 101 Å². The van der Waals surface area contributed by atoms with Crippen LogP contribution in [0.15, 0.2) is 114 Å². The molecule has 0 bridgehead atoms. The zero-order chi connectivity index (χ0) is 21.2. The highest BCUT2D eigenvalue weighted by Crippen LogP contribution is 2.41. The Morgan fingerprint density at radius 3 is 1.88 bits per heavy atom. The fraction of sp³-hybridized carbons (Fsp3) is 0. The van der Waals surface area contributed by atoms with Crippen molar-refractivity contribution in [1.29, 1.82) is 0 Å². The van der Waals surface area contributed by atoms with Crippen LogP contribution in [-0.4, -0.2) is 4.40 Å². The summed E-state index contributed by atoms with van der Waals surface area (Å²) in [5.74, 6) is 0. The van der Waals surface area contributed by atoms with E-state index in [4.69, 9.17) is 0 Å². The summed E-state index contributed by atoms with van der Waals surface area (Å²) in [6.45, 7) is 0. The minimum atomic E-state index is 1.09. The van der Waals surface area contributed by atoms with Crippen molar-refractivity contribution in [1.82, 2.24) is 4.40 Å². The van der Waals surface area contributed by atoms with Crippen LogP contribution < -0.4 is 0 Å². The highest BCUT2D eigenvalue weighted by atomic mass is 79.9. The number of hydrogen-bond acceptors (Lipinski definition) is 0. The lowest BCUT2D eigenvalue weighted by atomic mass is 9.94. The molecule has 0 N–H and O–H groups in total. The van der Waals surface area contributed by atoms with E-state index in [1.54, 1.807) is 0 Å². The van der Waals surface area contributed by atoms with E-state index in [1.165, 1.54) is 60.3 Å². The maximum Gasteiger partial charge on any atom is 0.0620 e. The second-order valence-electron chi connectivity index (χ2n) is 8.34. The number of aromatic nitrogens is 1. The molecule has 32 heavy (non-hydrogen) atoms. The van der Waals surface area contributed by atoms with E-state index in [0.29, 0.717) is 0 Å². The van der Waals surface area contributed by atoms with Crippen molar-refractivity contribution < 1.29 is 0 Å². The van der Waals surface area contributed by atoms with Crippen LogP contribution in [0.25, 0.3) is 60.3 Å². The average Bonchev–Trinajstić information content (AvgIpc) is 3.36. The normalized spacial score (nSPS) is 11.9. The maximum atomic E-state index is 3.63. The third kappa shape index (κ3) is 2.44. The van der Waals surface area contributed by atoms with Crippen LogP contribution in [0.1, 0.15) is 0 Å². The molecule has 0 aliphatic heterocycles. The van der Waals surface area contributed by atoms with Gasteiger partial charge in [0.05, 0.1) is 16.6 Å². The third-order valence-corrected chi connectivity index (χ3v) is 7.09. The van der Waals surface area contributed by atoms with Crippen molar-refractivity contribution in [2.45, 2.75) is 0 Å². The Bertz CT molecular complexity index is 1790. The summed E-state index contributed by atoms with van der Waals surface area (Å²) in [6.07, 6.45) is 0. The highest BCUT2D eigenvalue weighted by molar-refractivity contribution is 9.10. The fourth-order valence-electron chi connectivity index (χ4n) is 5.24. The quantitative estimate of drug-likeness (QED) is 0.237. The van der Waals surface area contributed by atoms with Crippen molar-refractivity contribution in [2.75, 3.05) is 0 Å². The average molecular weight is 472 g/mol. The van der Waals surface area contributed by atoms with E-state index in [2.05, 4.69) is 130 Å². The number of para-hydroxylation sites is 2. The third-order valence-electron chi connectivity index (χ3n) is 6.60. The lowest BCUT2D eigenvalue weighted by Gasteiger charge is -2.11. The molecule has 0 aliphatic carbocycles. The topological polar surface area (TPSA) is 4.41 Å². The van der Waals surface area contributed by atoms with E-state index < -0.39 is 0 Å². The molecule has 0 saturated carbocycles. The first-order valence-corrected chi connectivity index (χ1v) is 11.6. The van der Waals surface area contributed by atoms with Gasteiger partial charge in [-0.15, -0.1) is 0 Å². The van der Waals surface area contributed by atoms with E-state index >= 15 is 0 Å². The van der Waals surface area contributed by atoms with Crippen LogP contribution in [0.4, 0.5) is 0 Å². The number of hydrogen-bond donors (Lipinski definition) is 0. The fourth-order valence-corrected chi connectivity index (χ4v) is 5.64. The largest absolute Gasteiger partial charge is 0.308 e. The molecule has 0 spiro atoms. The Labute approximate surface area is 194 Å². The van der Waals surface area contributed by atoms with Gasteiger partial charge in [0.15, 0.2) is 0 Å². The van der Waals surface area contributed by atoms with Gasteiger partial charge in [-0.2, -0.15) is 0 Å². The van der Waals surface area contributed by atoms with Gasteiger partial charge >= 0.3 is 0 Å². The number of nitrogens with zero attached hydrogens (tertiary/aromatic N) is 1. The van der Waals surface area contributed by atoms with E-state index in [-0.39, 0.29) is 0 Å². The lowest BCUT2D eigenvalue weighted by Crippen LogP contribution is -1.86. The van der Waals surface area contributed by atoms with Gasteiger partial charge in [0.1, 0.15) is 0 Å². The molecule has 5 aromatic carbocycles. The first kappa shape index (κ1) is 18.0. The number of rotatable bonds is 2. The number of benzene rings is 5. The Hall–Kier alpha value is -3.62. The van der Waals surface area contributed by atoms with Gasteiger partial charge in [-0.25, -0.2) is 0 Å². The molecule has 150 valence electrons. The molecule has 2 heteroatoms. The molecule has 7 rings (SSSR count). The SMILES string of the molecule is Brc1cccc(-c2ccccc2-c2ccc3c4cccc5c6ccccc6n(c3c2)c54)c1. The molecule has 2 heterocycles. The molecule has 0 saturated heterocycles. The Balaban J connectivity index is 1.57. The Morgan fingerprint density at radius 2 is 1.09 bits per heavy atom. The molecular weight excluding hydrogens is 454 g/mol.